The number of benzene rings is 1. The molecule has 102 valence electrons. The van der Waals surface area contributed by atoms with Crippen molar-refractivity contribution < 1.29 is 4.74 Å². The van der Waals surface area contributed by atoms with Gasteiger partial charge in [-0.05, 0) is 49.4 Å². The summed E-state index contributed by atoms with van der Waals surface area (Å²) in [7, 11) is 0. The Labute approximate surface area is 123 Å². The van der Waals surface area contributed by atoms with E-state index in [1.54, 1.807) is 0 Å². The Bertz CT molecular complexity index is 640. The maximum absolute atomic E-state index is 5.86. The molecule has 0 bridgehead atoms. The van der Waals surface area contributed by atoms with Crippen molar-refractivity contribution in [2.45, 2.75) is 25.7 Å². The van der Waals surface area contributed by atoms with Crippen LogP contribution < -0.4 is 10.5 Å². The van der Waals surface area contributed by atoms with E-state index in [9.17, 15) is 0 Å². The van der Waals surface area contributed by atoms with Gasteiger partial charge in [-0.25, -0.2) is 4.98 Å². The van der Waals surface area contributed by atoms with E-state index < -0.39 is 0 Å². The number of para-hydroxylation sites is 1. The molecule has 0 spiro atoms. The molecule has 3 nitrogen and oxygen atoms in total. The first-order valence-corrected chi connectivity index (χ1v) is 7.20. The van der Waals surface area contributed by atoms with Crippen LogP contribution in [-0.2, 0) is 12.8 Å². The maximum Gasteiger partial charge on any atom is 0.229 e. The molecular formula is C16H16N2OS. The molecule has 1 aromatic carbocycles. The number of nitrogens with zero attached hydrogens (tertiary/aromatic N) is 1. The molecule has 0 saturated carbocycles. The van der Waals surface area contributed by atoms with Crippen LogP contribution in [0.15, 0.2) is 36.4 Å². The van der Waals surface area contributed by atoms with Crippen LogP contribution in [0.4, 0.5) is 0 Å². The Morgan fingerprint density at radius 1 is 1.15 bits per heavy atom. The highest BCUT2D eigenvalue weighted by Crippen LogP contribution is 2.29. The Morgan fingerprint density at radius 3 is 2.65 bits per heavy atom. The molecule has 0 fully saturated rings. The van der Waals surface area contributed by atoms with E-state index in [4.69, 9.17) is 22.7 Å². The van der Waals surface area contributed by atoms with Gasteiger partial charge >= 0.3 is 0 Å². The third-order valence-corrected chi connectivity index (χ3v) is 3.71. The standard InChI is InChI=1S/C16H16N2OS/c17-15(20)13-10-11-6-4-5-9-14(11)18-16(13)19-12-7-2-1-3-8-12/h1-3,7-8,10H,4-6,9H2,(H2,17,20). The molecule has 2 N–H and O–H groups in total. The Morgan fingerprint density at radius 2 is 1.90 bits per heavy atom. The lowest BCUT2D eigenvalue weighted by molar-refractivity contribution is 0.457. The average molecular weight is 284 g/mol. The Balaban J connectivity index is 2.02. The van der Waals surface area contributed by atoms with Crippen molar-refractivity contribution in [3.05, 3.63) is 53.2 Å². The second-order valence-corrected chi connectivity index (χ2v) is 5.37. The van der Waals surface area contributed by atoms with E-state index in [0.29, 0.717) is 10.9 Å². The number of hydrogen-bond donors (Lipinski definition) is 1. The zero-order chi connectivity index (χ0) is 13.9. The molecule has 0 saturated heterocycles. The minimum absolute atomic E-state index is 0.330. The summed E-state index contributed by atoms with van der Waals surface area (Å²) in [6.45, 7) is 0. The summed E-state index contributed by atoms with van der Waals surface area (Å²) < 4.78 is 5.86. The monoisotopic (exact) mass is 284 g/mol. The van der Waals surface area contributed by atoms with Crippen molar-refractivity contribution in [3.63, 3.8) is 0 Å². The summed E-state index contributed by atoms with van der Waals surface area (Å²) in [6, 6.07) is 11.6. The molecule has 1 aromatic heterocycles. The lowest BCUT2D eigenvalue weighted by Gasteiger charge is -2.18. The zero-order valence-corrected chi connectivity index (χ0v) is 12.0. The summed E-state index contributed by atoms with van der Waals surface area (Å²) in [5.41, 5.74) is 8.90. The highest BCUT2D eigenvalue weighted by molar-refractivity contribution is 7.80. The van der Waals surface area contributed by atoms with Gasteiger partial charge in [0.05, 0.1) is 5.56 Å². The fraction of sp³-hybridized carbons (Fsp3) is 0.250. The molecule has 0 radical (unpaired) electrons. The molecular weight excluding hydrogens is 268 g/mol. The van der Waals surface area contributed by atoms with Gasteiger partial charge in [0.1, 0.15) is 10.7 Å². The maximum atomic E-state index is 5.86. The Hall–Kier alpha value is -1.94. The number of hydrogen-bond acceptors (Lipinski definition) is 3. The number of aromatic nitrogens is 1. The number of pyridine rings is 1. The third kappa shape index (κ3) is 2.65. The van der Waals surface area contributed by atoms with Crippen LogP contribution in [-0.4, -0.2) is 9.97 Å². The van der Waals surface area contributed by atoms with Gasteiger partial charge in [0, 0.05) is 5.69 Å². The van der Waals surface area contributed by atoms with Gasteiger partial charge < -0.3 is 10.5 Å². The molecule has 3 rings (SSSR count). The van der Waals surface area contributed by atoms with Gasteiger partial charge in [0.25, 0.3) is 0 Å². The average Bonchev–Trinajstić information content (AvgIpc) is 2.47. The Kier molecular flexibility index (Phi) is 3.65. The minimum atomic E-state index is 0.330. The summed E-state index contributed by atoms with van der Waals surface area (Å²) in [6.07, 6.45) is 4.42. The predicted molar refractivity (Wildman–Crippen MR) is 83.3 cm³/mol. The van der Waals surface area contributed by atoms with Crippen molar-refractivity contribution in [2.75, 3.05) is 0 Å². The van der Waals surface area contributed by atoms with Crippen molar-refractivity contribution >= 4 is 17.2 Å². The number of ether oxygens (including phenoxy) is 1. The van der Waals surface area contributed by atoms with Gasteiger partial charge in [-0.2, -0.15) is 0 Å². The molecule has 1 aliphatic carbocycles. The number of nitrogens with two attached hydrogens (primary N) is 1. The molecule has 20 heavy (non-hydrogen) atoms. The lowest BCUT2D eigenvalue weighted by atomic mass is 9.95. The van der Waals surface area contributed by atoms with Crippen molar-refractivity contribution in [1.29, 1.82) is 0 Å². The quantitative estimate of drug-likeness (QED) is 0.878. The van der Waals surface area contributed by atoms with Gasteiger partial charge in [0.2, 0.25) is 5.88 Å². The molecule has 0 amide bonds. The normalized spacial score (nSPS) is 13.6. The van der Waals surface area contributed by atoms with Crippen LogP contribution in [0.2, 0.25) is 0 Å². The van der Waals surface area contributed by atoms with Crippen molar-refractivity contribution in [1.82, 2.24) is 4.98 Å². The van der Waals surface area contributed by atoms with E-state index in [0.717, 1.165) is 29.8 Å². The van der Waals surface area contributed by atoms with E-state index >= 15 is 0 Å². The lowest BCUT2D eigenvalue weighted by Crippen LogP contribution is -2.15. The van der Waals surface area contributed by atoms with Crippen LogP contribution >= 0.6 is 12.2 Å². The first kappa shape index (κ1) is 13.1. The van der Waals surface area contributed by atoms with E-state index in [1.807, 2.05) is 36.4 Å². The molecule has 4 heteroatoms. The number of thiocarbonyl (C=S) groups is 1. The smallest absolute Gasteiger partial charge is 0.229 e. The van der Waals surface area contributed by atoms with Crippen molar-refractivity contribution in [3.8, 4) is 11.6 Å². The van der Waals surface area contributed by atoms with E-state index in [-0.39, 0.29) is 0 Å². The SMILES string of the molecule is NC(=S)c1cc2c(nc1Oc1ccccc1)CCCC2. The van der Waals surface area contributed by atoms with E-state index in [2.05, 4.69) is 4.98 Å². The van der Waals surface area contributed by atoms with Gasteiger partial charge in [0.15, 0.2) is 0 Å². The summed E-state index contributed by atoms with van der Waals surface area (Å²) >= 11 is 5.13. The second-order valence-electron chi connectivity index (χ2n) is 4.93. The van der Waals surface area contributed by atoms with Crippen LogP contribution in [0.25, 0.3) is 0 Å². The molecule has 1 aliphatic rings. The zero-order valence-electron chi connectivity index (χ0n) is 11.1. The first-order valence-electron chi connectivity index (χ1n) is 6.79. The van der Waals surface area contributed by atoms with Crippen LogP contribution in [0, 0.1) is 0 Å². The largest absolute Gasteiger partial charge is 0.438 e. The molecule has 0 aliphatic heterocycles. The highest BCUT2D eigenvalue weighted by Gasteiger charge is 2.17. The fourth-order valence-corrected chi connectivity index (χ4v) is 2.62. The molecule has 0 unspecified atom stereocenters. The fourth-order valence-electron chi connectivity index (χ4n) is 2.47. The third-order valence-electron chi connectivity index (χ3n) is 3.49. The van der Waals surface area contributed by atoms with Crippen LogP contribution in [0.1, 0.15) is 29.7 Å². The van der Waals surface area contributed by atoms with Crippen LogP contribution in [0.5, 0.6) is 11.6 Å². The first-order chi connectivity index (χ1) is 9.74. The summed E-state index contributed by atoms with van der Waals surface area (Å²) in [5.74, 6) is 1.26. The summed E-state index contributed by atoms with van der Waals surface area (Å²) in [5, 5.41) is 0. The predicted octanol–water partition coefficient (Wildman–Crippen LogP) is 3.39. The topological polar surface area (TPSA) is 48.1 Å². The van der Waals surface area contributed by atoms with Gasteiger partial charge in [-0.15, -0.1) is 0 Å². The number of fused-ring (bicyclic) bond motifs is 1. The second kappa shape index (κ2) is 5.59. The molecule has 1 heterocycles. The van der Waals surface area contributed by atoms with Crippen molar-refractivity contribution in [2.24, 2.45) is 5.73 Å². The number of aryl methyl sites for hydroxylation is 2. The number of rotatable bonds is 3. The molecule has 0 atom stereocenters. The highest BCUT2D eigenvalue weighted by atomic mass is 32.1. The van der Waals surface area contributed by atoms with Crippen LogP contribution in [0.3, 0.4) is 0 Å². The molecule has 2 aromatic rings. The van der Waals surface area contributed by atoms with E-state index in [1.165, 1.54) is 18.4 Å². The van der Waals surface area contributed by atoms with Gasteiger partial charge in [-0.3, -0.25) is 0 Å². The summed E-state index contributed by atoms with van der Waals surface area (Å²) in [4.78, 5) is 4.97. The minimum Gasteiger partial charge on any atom is -0.438 e. The van der Waals surface area contributed by atoms with Gasteiger partial charge in [-0.1, -0.05) is 30.4 Å².